The van der Waals surface area contributed by atoms with E-state index in [2.05, 4.69) is 12.1 Å². The van der Waals surface area contributed by atoms with Crippen LogP contribution in [0.1, 0.15) is 17.4 Å². The van der Waals surface area contributed by atoms with Gasteiger partial charge in [0.15, 0.2) is 5.76 Å². The van der Waals surface area contributed by atoms with E-state index in [-0.39, 0.29) is 6.61 Å². The van der Waals surface area contributed by atoms with Gasteiger partial charge in [-0.2, -0.15) is 5.10 Å². The standard InChI is InChI=1S/C20H18N2O3/c23-13-17(24)18-10-11-19(25-18)20-15-8-4-5-9-16(15)22(21-20)12-14-6-2-1-3-7-14/h1-11,17,23-24H,12-13H2/t17-/m1/s1. The van der Waals surface area contributed by atoms with Crippen LogP contribution in [-0.2, 0) is 6.54 Å². The Balaban J connectivity index is 1.78. The van der Waals surface area contributed by atoms with Gasteiger partial charge in [-0.3, -0.25) is 4.68 Å². The lowest BCUT2D eigenvalue weighted by Crippen LogP contribution is -2.01. The van der Waals surface area contributed by atoms with E-state index in [1.165, 1.54) is 0 Å². The van der Waals surface area contributed by atoms with Crippen LogP contribution in [0.5, 0.6) is 0 Å². The molecule has 0 aliphatic carbocycles. The fraction of sp³-hybridized carbons (Fsp3) is 0.150. The topological polar surface area (TPSA) is 71.4 Å². The Labute approximate surface area is 144 Å². The third-order valence-electron chi connectivity index (χ3n) is 4.19. The first-order valence-electron chi connectivity index (χ1n) is 8.15. The van der Waals surface area contributed by atoms with Gasteiger partial charge in [0.2, 0.25) is 0 Å². The first-order chi connectivity index (χ1) is 12.3. The number of aromatic nitrogens is 2. The molecule has 0 fully saturated rings. The minimum atomic E-state index is -1.02. The average molecular weight is 334 g/mol. The van der Waals surface area contributed by atoms with Gasteiger partial charge in [0.25, 0.3) is 0 Å². The molecule has 126 valence electrons. The summed E-state index contributed by atoms with van der Waals surface area (Å²) in [5.41, 5.74) is 2.91. The molecule has 0 bridgehead atoms. The molecule has 0 radical (unpaired) electrons. The summed E-state index contributed by atoms with van der Waals surface area (Å²) in [7, 11) is 0. The van der Waals surface area contributed by atoms with E-state index in [4.69, 9.17) is 14.6 Å². The quantitative estimate of drug-likeness (QED) is 0.587. The minimum absolute atomic E-state index is 0.333. The van der Waals surface area contributed by atoms with Gasteiger partial charge in [-0.15, -0.1) is 0 Å². The van der Waals surface area contributed by atoms with Crippen molar-refractivity contribution in [1.29, 1.82) is 0 Å². The van der Waals surface area contributed by atoms with Gasteiger partial charge < -0.3 is 14.6 Å². The molecule has 1 atom stereocenters. The molecular formula is C20H18N2O3. The first-order valence-corrected chi connectivity index (χ1v) is 8.15. The fourth-order valence-electron chi connectivity index (χ4n) is 2.94. The number of aliphatic hydroxyl groups is 2. The normalized spacial score (nSPS) is 12.6. The smallest absolute Gasteiger partial charge is 0.155 e. The summed E-state index contributed by atoms with van der Waals surface area (Å²) in [5.74, 6) is 0.907. The highest BCUT2D eigenvalue weighted by Gasteiger charge is 2.17. The molecule has 0 aliphatic rings. The number of aliphatic hydroxyl groups excluding tert-OH is 2. The third kappa shape index (κ3) is 2.95. The van der Waals surface area contributed by atoms with Crippen molar-refractivity contribution in [3.63, 3.8) is 0 Å². The van der Waals surface area contributed by atoms with Crippen LogP contribution in [0.3, 0.4) is 0 Å². The Kier molecular flexibility index (Phi) is 4.09. The molecule has 2 aromatic carbocycles. The molecule has 0 spiro atoms. The molecule has 0 saturated carbocycles. The minimum Gasteiger partial charge on any atom is -0.456 e. The van der Waals surface area contributed by atoms with E-state index in [0.29, 0.717) is 18.1 Å². The number of fused-ring (bicyclic) bond motifs is 1. The number of furan rings is 1. The molecule has 0 unspecified atom stereocenters. The van der Waals surface area contributed by atoms with Gasteiger partial charge in [-0.1, -0.05) is 48.5 Å². The van der Waals surface area contributed by atoms with Gasteiger partial charge in [0.05, 0.1) is 18.7 Å². The van der Waals surface area contributed by atoms with Crippen LogP contribution in [0.4, 0.5) is 0 Å². The predicted octanol–water partition coefficient (Wildman–Crippen LogP) is 3.37. The summed E-state index contributed by atoms with van der Waals surface area (Å²) in [5, 5.41) is 24.5. The van der Waals surface area contributed by atoms with Crippen molar-refractivity contribution in [1.82, 2.24) is 9.78 Å². The molecule has 0 saturated heterocycles. The Bertz CT molecular complexity index is 989. The molecule has 5 heteroatoms. The number of benzene rings is 2. The molecule has 5 nitrogen and oxygen atoms in total. The van der Waals surface area contributed by atoms with E-state index in [1.54, 1.807) is 12.1 Å². The summed E-state index contributed by atoms with van der Waals surface area (Å²) in [6, 6.07) is 21.6. The van der Waals surface area contributed by atoms with Crippen molar-refractivity contribution in [3.05, 3.63) is 78.1 Å². The summed E-state index contributed by atoms with van der Waals surface area (Å²) >= 11 is 0. The molecule has 4 rings (SSSR count). The van der Waals surface area contributed by atoms with E-state index in [1.807, 2.05) is 47.1 Å². The monoisotopic (exact) mass is 334 g/mol. The van der Waals surface area contributed by atoms with Gasteiger partial charge in [-0.25, -0.2) is 0 Å². The van der Waals surface area contributed by atoms with Crippen molar-refractivity contribution < 1.29 is 14.6 Å². The van der Waals surface area contributed by atoms with Crippen LogP contribution in [0.15, 0.2) is 71.1 Å². The number of para-hydroxylation sites is 1. The van der Waals surface area contributed by atoms with Crippen LogP contribution in [0.2, 0.25) is 0 Å². The van der Waals surface area contributed by atoms with E-state index in [9.17, 15) is 5.11 Å². The van der Waals surface area contributed by atoms with Gasteiger partial charge in [0, 0.05) is 5.39 Å². The fourth-order valence-corrected chi connectivity index (χ4v) is 2.94. The highest BCUT2D eigenvalue weighted by atomic mass is 16.4. The lowest BCUT2D eigenvalue weighted by Gasteiger charge is -2.03. The van der Waals surface area contributed by atoms with E-state index >= 15 is 0 Å². The number of rotatable bonds is 5. The van der Waals surface area contributed by atoms with Crippen molar-refractivity contribution >= 4 is 10.9 Å². The van der Waals surface area contributed by atoms with Crippen LogP contribution in [-0.4, -0.2) is 26.6 Å². The van der Waals surface area contributed by atoms with Crippen molar-refractivity contribution in [2.75, 3.05) is 6.61 Å². The Morgan fingerprint density at radius 2 is 1.72 bits per heavy atom. The largest absolute Gasteiger partial charge is 0.456 e. The Morgan fingerprint density at radius 3 is 2.52 bits per heavy atom. The molecule has 4 aromatic rings. The summed E-state index contributed by atoms with van der Waals surface area (Å²) in [6.45, 7) is 0.282. The van der Waals surface area contributed by atoms with Crippen LogP contribution in [0.25, 0.3) is 22.4 Å². The number of hydrogen-bond acceptors (Lipinski definition) is 4. The Morgan fingerprint density at radius 1 is 0.960 bits per heavy atom. The molecular weight excluding hydrogens is 316 g/mol. The van der Waals surface area contributed by atoms with Gasteiger partial charge in [-0.05, 0) is 23.8 Å². The van der Waals surface area contributed by atoms with Crippen molar-refractivity contribution in [2.45, 2.75) is 12.6 Å². The highest BCUT2D eigenvalue weighted by molar-refractivity contribution is 5.92. The van der Waals surface area contributed by atoms with E-state index < -0.39 is 6.10 Å². The summed E-state index contributed by atoms with van der Waals surface area (Å²) in [6.07, 6.45) is -1.02. The predicted molar refractivity (Wildman–Crippen MR) is 95.0 cm³/mol. The maximum Gasteiger partial charge on any atom is 0.155 e. The third-order valence-corrected chi connectivity index (χ3v) is 4.19. The zero-order valence-corrected chi connectivity index (χ0v) is 13.5. The second-order valence-electron chi connectivity index (χ2n) is 5.91. The zero-order chi connectivity index (χ0) is 17.2. The van der Waals surface area contributed by atoms with Crippen LogP contribution >= 0.6 is 0 Å². The second-order valence-corrected chi connectivity index (χ2v) is 5.91. The zero-order valence-electron chi connectivity index (χ0n) is 13.5. The first kappa shape index (κ1) is 15.6. The number of nitrogens with zero attached hydrogens (tertiary/aromatic N) is 2. The van der Waals surface area contributed by atoms with Gasteiger partial charge >= 0.3 is 0 Å². The summed E-state index contributed by atoms with van der Waals surface area (Å²) in [4.78, 5) is 0. The van der Waals surface area contributed by atoms with Gasteiger partial charge in [0.1, 0.15) is 17.6 Å². The molecule has 0 aliphatic heterocycles. The van der Waals surface area contributed by atoms with Crippen molar-refractivity contribution in [3.8, 4) is 11.5 Å². The maximum atomic E-state index is 9.73. The molecule has 2 heterocycles. The molecule has 0 amide bonds. The molecule has 25 heavy (non-hydrogen) atoms. The van der Waals surface area contributed by atoms with Crippen LogP contribution in [0, 0.1) is 0 Å². The lowest BCUT2D eigenvalue weighted by molar-refractivity contribution is 0.0781. The van der Waals surface area contributed by atoms with Crippen LogP contribution < -0.4 is 0 Å². The number of hydrogen-bond donors (Lipinski definition) is 2. The molecule has 2 aromatic heterocycles. The maximum absolute atomic E-state index is 9.73. The average Bonchev–Trinajstić information content (AvgIpc) is 3.27. The summed E-state index contributed by atoms with van der Waals surface area (Å²) < 4.78 is 7.66. The Hall–Kier alpha value is -2.89. The highest BCUT2D eigenvalue weighted by Crippen LogP contribution is 2.31. The second kappa shape index (κ2) is 6.55. The SMILES string of the molecule is OC[C@@H](O)c1ccc(-c2nn(Cc3ccccc3)c3ccccc23)o1. The molecule has 2 N–H and O–H groups in total. The van der Waals surface area contributed by atoms with E-state index in [0.717, 1.165) is 22.2 Å². The lowest BCUT2D eigenvalue weighted by atomic mass is 10.2. The van der Waals surface area contributed by atoms with Crippen molar-refractivity contribution in [2.24, 2.45) is 0 Å².